The Morgan fingerprint density at radius 3 is 2.15 bits per heavy atom. The van der Waals surface area contributed by atoms with Crippen molar-refractivity contribution < 1.29 is 0 Å². The van der Waals surface area contributed by atoms with Crippen LogP contribution in [0.1, 0.15) is 30.0 Å². The molecule has 1 aliphatic rings. The molecule has 0 saturated heterocycles. The van der Waals surface area contributed by atoms with Crippen LogP contribution in [0.2, 0.25) is 0 Å². The third kappa shape index (κ3) is 2.60. The molecule has 0 amide bonds. The topological polar surface area (TPSA) is 0 Å². The second kappa shape index (κ2) is 5.50. The van der Waals surface area contributed by atoms with Gasteiger partial charge in [0.15, 0.2) is 0 Å². The average Bonchev–Trinajstić information content (AvgIpc) is 2.49. The number of benzene rings is 2. The van der Waals surface area contributed by atoms with E-state index < -0.39 is 0 Å². The van der Waals surface area contributed by atoms with Gasteiger partial charge in [-0.1, -0.05) is 79.2 Å². The van der Waals surface area contributed by atoms with E-state index in [4.69, 9.17) is 0 Å². The summed E-state index contributed by atoms with van der Waals surface area (Å²) >= 11 is 0. The first-order chi connectivity index (χ1) is 9.74. The van der Waals surface area contributed by atoms with Crippen molar-refractivity contribution in [1.82, 2.24) is 0 Å². The van der Waals surface area contributed by atoms with Crippen molar-refractivity contribution in [3.8, 4) is 0 Å². The summed E-state index contributed by atoms with van der Waals surface area (Å²) in [6.07, 6.45) is 5.69. The lowest BCUT2D eigenvalue weighted by Gasteiger charge is -2.22. The predicted octanol–water partition coefficient (Wildman–Crippen LogP) is 5.50. The van der Waals surface area contributed by atoms with Crippen molar-refractivity contribution in [3.63, 3.8) is 0 Å². The zero-order valence-corrected chi connectivity index (χ0v) is 12.1. The first-order valence-corrected chi connectivity index (χ1v) is 7.27. The van der Waals surface area contributed by atoms with Gasteiger partial charge in [0.25, 0.3) is 0 Å². The fourth-order valence-electron chi connectivity index (χ4n) is 2.86. The Morgan fingerprint density at radius 1 is 0.800 bits per heavy atom. The molecule has 1 unspecified atom stereocenters. The van der Waals surface area contributed by atoms with Crippen LogP contribution < -0.4 is 0 Å². The summed E-state index contributed by atoms with van der Waals surface area (Å²) in [6, 6.07) is 19.6. The molecule has 20 heavy (non-hydrogen) atoms. The normalized spacial score (nSPS) is 18.4. The molecule has 0 aromatic heterocycles. The first-order valence-electron chi connectivity index (χ1n) is 7.27. The van der Waals surface area contributed by atoms with Crippen molar-refractivity contribution in [2.75, 3.05) is 0 Å². The maximum Gasteiger partial charge on any atom is -0.0144 e. The lowest BCUT2D eigenvalue weighted by Crippen LogP contribution is -2.04. The van der Waals surface area contributed by atoms with Gasteiger partial charge in [0, 0.05) is 0 Å². The minimum absolute atomic E-state index is 0.568. The van der Waals surface area contributed by atoms with E-state index in [9.17, 15) is 0 Å². The number of allylic oxidation sites excluding steroid dienone is 4. The van der Waals surface area contributed by atoms with E-state index in [-0.39, 0.29) is 0 Å². The molecule has 0 heterocycles. The van der Waals surface area contributed by atoms with E-state index >= 15 is 0 Å². The lowest BCUT2D eigenvalue weighted by atomic mass is 9.82. The maximum atomic E-state index is 2.32. The molecule has 2 aromatic carbocycles. The van der Waals surface area contributed by atoms with Crippen LogP contribution >= 0.6 is 0 Å². The van der Waals surface area contributed by atoms with Gasteiger partial charge in [-0.2, -0.15) is 0 Å². The van der Waals surface area contributed by atoms with E-state index in [1.807, 2.05) is 0 Å². The largest absolute Gasteiger partial charge is 0.0622 e. The van der Waals surface area contributed by atoms with Gasteiger partial charge in [-0.15, -0.1) is 0 Å². The van der Waals surface area contributed by atoms with Gasteiger partial charge in [-0.3, -0.25) is 0 Å². The van der Waals surface area contributed by atoms with Crippen molar-refractivity contribution in [1.29, 1.82) is 0 Å². The molecule has 0 fully saturated rings. The lowest BCUT2D eigenvalue weighted by molar-refractivity contribution is 0.771. The van der Waals surface area contributed by atoms with Crippen LogP contribution in [0.25, 0.3) is 11.1 Å². The van der Waals surface area contributed by atoms with Crippen molar-refractivity contribution in [3.05, 3.63) is 83.4 Å². The van der Waals surface area contributed by atoms with Crippen LogP contribution in [0.4, 0.5) is 0 Å². The summed E-state index contributed by atoms with van der Waals surface area (Å²) in [5, 5.41) is 0. The molecular weight excluding hydrogens is 240 g/mol. The summed E-state index contributed by atoms with van der Waals surface area (Å²) < 4.78 is 0. The van der Waals surface area contributed by atoms with E-state index in [0.717, 1.165) is 6.42 Å². The monoisotopic (exact) mass is 260 g/mol. The Labute approximate surface area is 121 Å². The second-order valence-electron chi connectivity index (χ2n) is 5.65. The van der Waals surface area contributed by atoms with Gasteiger partial charge < -0.3 is 0 Å². The Kier molecular flexibility index (Phi) is 3.56. The quantitative estimate of drug-likeness (QED) is 0.668. The van der Waals surface area contributed by atoms with E-state index in [0.29, 0.717) is 5.92 Å². The number of hydrogen-bond acceptors (Lipinski definition) is 0. The molecular formula is C20H20. The zero-order chi connectivity index (χ0) is 13.9. The van der Waals surface area contributed by atoms with Crippen LogP contribution in [0.5, 0.6) is 0 Å². The Balaban J connectivity index is 1.93. The fourth-order valence-corrected chi connectivity index (χ4v) is 2.86. The number of rotatable bonds is 2. The highest BCUT2D eigenvalue weighted by atomic mass is 14.2. The van der Waals surface area contributed by atoms with Crippen LogP contribution in [0.3, 0.4) is 0 Å². The van der Waals surface area contributed by atoms with E-state index in [1.54, 1.807) is 0 Å². The highest BCUT2D eigenvalue weighted by molar-refractivity contribution is 5.79. The summed E-state index contributed by atoms with van der Waals surface area (Å²) in [5.41, 5.74) is 6.90. The smallest absolute Gasteiger partial charge is 0.0144 e. The molecule has 0 spiro atoms. The summed E-state index contributed by atoms with van der Waals surface area (Å²) in [7, 11) is 0. The van der Waals surface area contributed by atoms with Crippen molar-refractivity contribution in [2.24, 2.45) is 5.92 Å². The average molecular weight is 260 g/mol. The Hall–Kier alpha value is -2.08. The van der Waals surface area contributed by atoms with Crippen LogP contribution in [0.15, 0.2) is 66.7 Å². The standard InChI is InChI=1S/C20H20/c1-15-8-10-17(11-9-15)19-12-13-20(16(2)14-19)18-6-4-3-5-7-18/h3-13,16H,14H2,1-2H3. The molecule has 1 atom stereocenters. The SMILES string of the molecule is Cc1ccc(C2=CC=C(c3ccccc3)C(C)C2)cc1. The number of aryl methyl sites for hydroxylation is 1. The van der Waals surface area contributed by atoms with Gasteiger partial charge in [0.1, 0.15) is 0 Å². The molecule has 0 aliphatic heterocycles. The summed E-state index contributed by atoms with van der Waals surface area (Å²) in [6.45, 7) is 4.45. The maximum absolute atomic E-state index is 2.32. The van der Waals surface area contributed by atoms with Gasteiger partial charge in [0.05, 0.1) is 0 Å². The molecule has 0 radical (unpaired) electrons. The van der Waals surface area contributed by atoms with Crippen molar-refractivity contribution >= 4 is 11.1 Å². The molecule has 1 aliphatic carbocycles. The minimum atomic E-state index is 0.568. The molecule has 0 nitrogen and oxygen atoms in total. The first kappa shape index (κ1) is 12.9. The van der Waals surface area contributed by atoms with E-state index in [1.165, 1.54) is 27.8 Å². The van der Waals surface area contributed by atoms with Gasteiger partial charge in [-0.25, -0.2) is 0 Å². The molecule has 0 heteroatoms. The molecule has 0 saturated carbocycles. The van der Waals surface area contributed by atoms with Crippen LogP contribution in [-0.2, 0) is 0 Å². The van der Waals surface area contributed by atoms with Gasteiger partial charge >= 0.3 is 0 Å². The summed E-state index contributed by atoms with van der Waals surface area (Å²) in [4.78, 5) is 0. The van der Waals surface area contributed by atoms with Gasteiger partial charge in [-0.05, 0) is 41.5 Å². The molecule has 0 bridgehead atoms. The van der Waals surface area contributed by atoms with Crippen LogP contribution in [0, 0.1) is 12.8 Å². The second-order valence-corrected chi connectivity index (χ2v) is 5.65. The predicted molar refractivity (Wildman–Crippen MR) is 87.4 cm³/mol. The third-order valence-electron chi connectivity index (χ3n) is 4.05. The van der Waals surface area contributed by atoms with Crippen LogP contribution in [-0.4, -0.2) is 0 Å². The summed E-state index contributed by atoms with van der Waals surface area (Å²) in [5.74, 6) is 0.568. The highest BCUT2D eigenvalue weighted by Gasteiger charge is 2.17. The fraction of sp³-hybridized carbons (Fsp3) is 0.200. The molecule has 3 rings (SSSR count). The van der Waals surface area contributed by atoms with Gasteiger partial charge in [0.2, 0.25) is 0 Å². The Morgan fingerprint density at radius 2 is 1.50 bits per heavy atom. The molecule has 100 valence electrons. The highest BCUT2D eigenvalue weighted by Crippen LogP contribution is 2.35. The zero-order valence-electron chi connectivity index (χ0n) is 12.1. The molecule has 2 aromatic rings. The Bertz CT molecular complexity index is 642. The van der Waals surface area contributed by atoms with E-state index in [2.05, 4.69) is 80.6 Å². The molecule has 0 N–H and O–H groups in total. The van der Waals surface area contributed by atoms with Crippen molar-refractivity contribution in [2.45, 2.75) is 20.3 Å². The number of hydrogen-bond donors (Lipinski definition) is 0. The minimum Gasteiger partial charge on any atom is -0.0622 e. The third-order valence-corrected chi connectivity index (χ3v) is 4.05.